The first kappa shape index (κ1) is 16.0. The lowest BCUT2D eigenvalue weighted by Crippen LogP contribution is -2.25. The number of alkyl halides is 3. The van der Waals surface area contributed by atoms with Crippen LogP contribution in [0.2, 0.25) is 5.02 Å². The van der Waals surface area contributed by atoms with Crippen LogP contribution in [0.1, 0.15) is 12.5 Å². The van der Waals surface area contributed by atoms with Gasteiger partial charge in [0.1, 0.15) is 15.7 Å². The van der Waals surface area contributed by atoms with Crippen LogP contribution in [0.25, 0.3) is 0 Å². The first-order valence-corrected chi connectivity index (χ1v) is 7.60. The molecule has 1 rings (SSSR count). The molecule has 108 valence electrons. The number of rotatable bonds is 4. The Balaban J connectivity index is 2.87. The van der Waals surface area contributed by atoms with Crippen LogP contribution in [-0.4, -0.2) is 31.5 Å². The second kappa shape index (κ2) is 5.54. The molecule has 1 heterocycles. The zero-order chi connectivity index (χ0) is 14.8. The first-order chi connectivity index (χ1) is 8.49. The minimum Gasteiger partial charge on any atom is -0.365 e. The Morgan fingerprint density at radius 3 is 2.47 bits per heavy atom. The summed E-state index contributed by atoms with van der Waals surface area (Å²) in [5.74, 6) is -0.155. The number of sulfone groups is 1. The van der Waals surface area contributed by atoms with E-state index in [1.54, 1.807) is 6.92 Å². The molecule has 0 amide bonds. The Kier molecular flexibility index (Phi) is 4.67. The van der Waals surface area contributed by atoms with Crippen LogP contribution in [-0.2, 0) is 16.0 Å². The van der Waals surface area contributed by atoms with Crippen LogP contribution in [0, 0.1) is 0 Å². The standard InChI is InChI=1S/C10H12ClF3N2O2S/c1-6(5-19(2,17)18)16-9-8(11)3-7(4-15-9)10(12,13)14/h3-4,6H,5H2,1-2H3,(H,15,16). The van der Waals surface area contributed by atoms with Crippen molar-refractivity contribution >= 4 is 27.3 Å². The number of anilines is 1. The van der Waals surface area contributed by atoms with Crippen molar-refractivity contribution in [1.29, 1.82) is 0 Å². The molecule has 1 N–H and O–H groups in total. The van der Waals surface area contributed by atoms with Gasteiger partial charge in [-0.2, -0.15) is 13.2 Å². The Morgan fingerprint density at radius 2 is 2.05 bits per heavy atom. The van der Waals surface area contributed by atoms with Crippen molar-refractivity contribution in [3.05, 3.63) is 22.8 Å². The molecule has 0 saturated carbocycles. The van der Waals surface area contributed by atoms with Crippen molar-refractivity contribution in [2.24, 2.45) is 0 Å². The summed E-state index contributed by atoms with van der Waals surface area (Å²) in [7, 11) is -3.20. The lowest BCUT2D eigenvalue weighted by molar-refractivity contribution is -0.137. The normalized spacial score (nSPS) is 14.2. The topological polar surface area (TPSA) is 59.1 Å². The molecule has 0 spiro atoms. The Morgan fingerprint density at radius 1 is 1.47 bits per heavy atom. The quantitative estimate of drug-likeness (QED) is 0.927. The lowest BCUT2D eigenvalue weighted by Gasteiger charge is -2.15. The van der Waals surface area contributed by atoms with E-state index >= 15 is 0 Å². The molecule has 0 aliphatic rings. The lowest BCUT2D eigenvalue weighted by atomic mass is 10.2. The van der Waals surface area contributed by atoms with Gasteiger partial charge in [-0.3, -0.25) is 0 Å². The van der Waals surface area contributed by atoms with E-state index in [9.17, 15) is 21.6 Å². The fourth-order valence-corrected chi connectivity index (χ4v) is 2.64. The molecule has 19 heavy (non-hydrogen) atoms. The molecule has 1 unspecified atom stereocenters. The molecular weight excluding hydrogens is 305 g/mol. The van der Waals surface area contributed by atoms with Crippen molar-refractivity contribution in [2.75, 3.05) is 17.3 Å². The number of nitrogens with one attached hydrogen (secondary N) is 1. The van der Waals surface area contributed by atoms with Crippen molar-refractivity contribution in [3.63, 3.8) is 0 Å². The average Bonchev–Trinajstić information content (AvgIpc) is 2.16. The molecule has 4 nitrogen and oxygen atoms in total. The van der Waals surface area contributed by atoms with Gasteiger partial charge in [0.15, 0.2) is 0 Å². The van der Waals surface area contributed by atoms with Crippen molar-refractivity contribution in [3.8, 4) is 0 Å². The minimum absolute atomic E-state index is 0.0193. The number of hydrogen-bond donors (Lipinski definition) is 1. The van der Waals surface area contributed by atoms with E-state index in [4.69, 9.17) is 11.6 Å². The number of nitrogens with zero attached hydrogens (tertiary/aromatic N) is 1. The summed E-state index contributed by atoms with van der Waals surface area (Å²) in [6, 6.07) is 0.223. The zero-order valence-electron chi connectivity index (χ0n) is 10.1. The molecular formula is C10H12ClF3N2O2S. The molecule has 0 aromatic carbocycles. The molecule has 0 fully saturated rings. The highest BCUT2D eigenvalue weighted by atomic mass is 35.5. The fraction of sp³-hybridized carbons (Fsp3) is 0.500. The predicted molar refractivity (Wildman–Crippen MR) is 67.0 cm³/mol. The molecule has 0 saturated heterocycles. The molecule has 1 aromatic rings. The molecule has 1 aromatic heterocycles. The van der Waals surface area contributed by atoms with Gasteiger partial charge in [-0.25, -0.2) is 13.4 Å². The number of pyridine rings is 1. The van der Waals surface area contributed by atoms with Gasteiger partial charge in [-0.1, -0.05) is 11.6 Å². The zero-order valence-corrected chi connectivity index (χ0v) is 11.7. The summed E-state index contributed by atoms with van der Waals surface area (Å²) in [4.78, 5) is 3.56. The minimum atomic E-state index is -4.52. The number of halogens is 4. The molecule has 0 aliphatic carbocycles. The van der Waals surface area contributed by atoms with Crippen LogP contribution in [0.3, 0.4) is 0 Å². The summed E-state index contributed by atoms with van der Waals surface area (Å²) in [5.41, 5.74) is -0.959. The highest BCUT2D eigenvalue weighted by Gasteiger charge is 2.31. The van der Waals surface area contributed by atoms with E-state index in [2.05, 4.69) is 10.3 Å². The highest BCUT2D eigenvalue weighted by Crippen LogP contribution is 2.32. The van der Waals surface area contributed by atoms with E-state index in [1.165, 1.54) is 0 Å². The van der Waals surface area contributed by atoms with Gasteiger partial charge in [0.05, 0.1) is 16.3 Å². The molecule has 0 radical (unpaired) electrons. The van der Waals surface area contributed by atoms with E-state index in [-0.39, 0.29) is 16.6 Å². The van der Waals surface area contributed by atoms with Crippen molar-refractivity contribution in [1.82, 2.24) is 4.98 Å². The fourth-order valence-electron chi connectivity index (χ4n) is 1.43. The summed E-state index contributed by atoms with van der Waals surface area (Å²) in [6.45, 7) is 1.57. The van der Waals surface area contributed by atoms with Crippen LogP contribution in [0.15, 0.2) is 12.3 Å². The molecule has 9 heteroatoms. The number of hydrogen-bond acceptors (Lipinski definition) is 4. The molecule has 1 atom stereocenters. The van der Waals surface area contributed by atoms with E-state index in [0.29, 0.717) is 6.20 Å². The maximum Gasteiger partial charge on any atom is 0.417 e. The van der Waals surface area contributed by atoms with Gasteiger partial charge >= 0.3 is 6.18 Å². The highest BCUT2D eigenvalue weighted by molar-refractivity contribution is 7.90. The summed E-state index contributed by atoms with van der Waals surface area (Å²) in [6.07, 6.45) is -2.82. The second-order valence-electron chi connectivity index (χ2n) is 4.19. The third-order valence-electron chi connectivity index (χ3n) is 2.10. The van der Waals surface area contributed by atoms with Gasteiger partial charge in [0.25, 0.3) is 0 Å². The maximum atomic E-state index is 12.4. The monoisotopic (exact) mass is 316 g/mol. The third-order valence-corrected chi connectivity index (χ3v) is 3.50. The second-order valence-corrected chi connectivity index (χ2v) is 6.78. The summed E-state index contributed by atoms with van der Waals surface area (Å²) in [5, 5.41) is 2.44. The van der Waals surface area contributed by atoms with E-state index < -0.39 is 27.6 Å². The Labute approximate surface area is 113 Å². The predicted octanol–water partition coefficient (Wildman–Crippen LogP) is 2.60. The van der Waals surface area contributed by atoms with E-state index in [0.717, 1.165) is 12.3 Å². The van der Waals surface area contributed by atoms with Gasteiger partial charge in [-0.15, -0.1) is 0 Å². The molecule has 0 aliphatic heterocycles. The first-order valence-electron chi connectivity index (χ1n) is 5.16. The van der Waals surface area contributed by atoms with Crippen LogP contribution >= 0.6 is 11.6 Å². The summed E-state index contributed by atoms with van der Waals surface area (Å²) < 4.78 is 59.3. The number of aromatic nitrogens is 1. The smallest absolute Gasteiger partial charge is 0.365 e. The largest absolute Gasteiger partial charge is 0.417 e. The summed E-state index contributed by atoms with van der Waals surface area (Å²) >= 11 is 5.68. The van der Waals surface area contributed by atoms with Crippen LogP contribution in [0.4, 0.5) is 19.0 Å². The van der Waals surface area contributed by atoms with Crippen molar-refractivity contribution in [2.45, 2.75) is 19.1 Å². The Hall–Kier alpha value is -1.02. The SMILES string of the molecule is CC(CS(C)(=O)=O)Nc1ncc(C(F)(F)F)cc1Cl. The third kappa shape index (κ3) is 5.23. The molecule has 0 bridgehead atoms. The average molecular weight is 317 g/mol. The van der Waals surface area contributed by atoms with Gasteiger partial charge in [0, 0.05) is 18.5 Å². The van der Waals surface area contributed by atoms with E-state index in [1.807, 2.05) is 0 Å². The van der Waals surface area contributed by atoms with Crippen molar-refractivity contribution < 1.29 is 21.6 Å². The van der Waals surface area contributed by atoms with Gasteiger partial charge in [-0.05, 0) is 13.0 Å². The van der Waals surface area contributed by atoms with Crippen LogP contribution in [0.5, 0.6) is 0 Å². The Bertz CT molecular complexity index is 560. The van der Waals surface area contributed by atoms with Gasteiger partial charge in [0.2, 0.25) is 0 Å². The van der Waals surface area contributed by atoms with Crippen LogP contribution < -0.4 is 5.32 Å². The maximum absolute atomic E-state index is 12.4. The van der Waals surface area contributed by atoms with Gasteiger partial charge < -0.3 is 5.32 Å².